The zero-order chi connectivity index (χ0) is 10.5. The molecule has 0 aromatic rings. The van der Waals surface area contributed by atoms with Crippen LogP contribution in [-0.2, 0) is 4.74 Å². The molecule has 3 nitrogen and oxygen atoms in total. The molecule has 15 heavy (non-hydrogen) atoms. The molecule has 2 rings (SSSR count). The van der Waals surface area contributed by atoms with Crippen molar-refractivity contribution in [1.29, 1.82) is 0 Å². The van der Waals surface area contributed by atoms with Crippen molar-refractivity contribution in [2.45, 2.75) is 24.9 Å². The van der Waals surface area contributed by atoms with Crippen molar-refractivity contribution in [2.24, 2.45) is 0 Å². The van der Waals surface area contributed by atoms with Gasteiger partial charge in [0.1, 0.15) is 0 Å². The lowest BCUT2D eigenvalue weighted by Crippen LogP contribution is -2.41. The molecule has 0 amide bonds. The van der Waals surface area contributed by atoms with Crippen LogP contribution in [0.5, 0.6) is 0 Å². The Morgan fingerprint density at radius 1 is 1.53 bits per heavy atom. The highest BCUT2D eigenvalue weighted by Gasteiger charge is 2.21. The Bertz CT molecular complexity index is 179. The molecule has 0 aromatic heterocycles. The van der Waals surface area contributed by atoms with Crippen molar-refractivity contribution in [2.75, 3.05) is 44.9 Å². The SMILES string of the molecule is CN(CCC1CSCCN1)C1CCOC1. The maximum absolute atomic E-state index is 5.41. The molecule has 2 aliphatic heterocycles. The highest BCUT2D eigenvalue weighted by Crippen LogP contribution is 2.14. The van der Waals surface area contributed by atoms with E-state index in [0.717, 1.165) is 19.3 Å². The van der Waals surface area contributed by atoms with Gasteiger partial charge in [-0.15, -0.1) is 0 Å². The minimum absolute atomic E-state index is 0.668. The summed E-state index contributed by atoms with van der Waals surface area (Å²) >= 11 is 2.08. The van der Waals surface area contributed by atoms with E-state index in [1.165, 1.54) is 37.4 Å². The van der Waals surface area contributed by atoms with Crippen molar-refractivity contribution in [3.63, 3.8) is 0 Å². The average Bonchev–Trinajstić information content (AvgIpc) is 2.81. The second kappa shape index (κ2) is 6.09. The van der Waals surface area contributed by atoms with Crippen LogP contribution in [0.4, 0.5) is 0 Å². The Balaban J connectivity index is 1.63. The third-order valence-corrected chi connectivity index (χ3v) is 4.49. The average molecular weight is 230 g/mol. The molecule has 0 aliphatic carbocycles. The summed E-state index contributed by atoms with van der Waals surface area (Å²) in [5.74, 6) is 2.57. The molecule has 0 spiro atoms. The first kappa shape index (κ1) is 11.7. The Hall–Kier alpha value is 0.230. The fourth-order valence-electron chi connectivity index (χ4n) is 2.22. The molecular weight excluding hydrogens is 208 g/mol. The van der Waals surface area contributed by atoms with Gasteiger partial charge in [0, 0.05) is 36.7 Å². The smallest absolute Gasteiger partial charge is 0.0622 e. The fourth-order valence-corrected chi connectivity index (χ4v) is 3.21. The zero-order valence-electron chi connectivity index (χ0n) is 9.58. The quantitative estimate of drug-likeness (QED) is 0.772. The third-order valence-electron chi connectivity index (χ3n) is 3.36. The standard InChI is InChI=1S/C11H22N2OS/c1-13(11-3-6-14-8-11)5-2-10-9-15-7-4-12-10/h10-12H,2-9H2,1H3. The van der Waals surface area contributed by atoms with E-state index < -0.39 is 0 Å². The van der Waals surface area contributed by atoms with Crippen LogP contribution in [0.2, 0.25) is 0 Å². The van der Waals surface area contributed by atoms with Crippen LogP contribution >= 0.6 is 11.8 Å². The number of likely N-dealkylation sites (N-methyl/N-ethyl adjacent to an activating group) is 1. The van der Waals surface area contributed by atoms with Gasteiger partial charge in [-0.25, -0.2) is 0 Å². The predicted octanol–water partition coefficient (Wildman–Crippen LogP) is 0.802. The first-order valence-corrected chi connectivity index (χ1v) is 7.11. The van der Waals surface area contributed by atoms with Crippen LogP contribution in [0, 0.1) is 0 Å². The Labute approximate surface area is 96.9 Å². The van der Waals surface area contributed by atoms with Crippen LogP contribution in [-0.4, -0.2) is 61.8 Å². The van der Waals surface area contributed by atoms with E-state index in [1.54, 1.807) is 0 Å². The fraction of sp³-hybridized carbons (Fsp3) is 1.00. The Morgan fingerprint density at radius 3 is 3.13 bits per heavy atom. The lowest BCUT2D eigenvalue weighted by Gasteiger charge is -2.28. The van der Waals surface area contributed by atoms with E-state index in [1.807, 2.05) is 0 Å². The molecular formula is C11H22N2OS. The predicted molar refractivity (Wildman–Crippen MR) is 65.6 cm³/mol. The molecule has 0 bridgehead atoms. The van der Waals surface area contributed by atoms with Gasteiger partial charge < -0.3 is 15.0 Å². The van der Waals surface area contributed by atoms with Gasteiger partial charge in [-0.2, -0.15) is 11.8 Å². The molecule has 0 radical (unpaired) electrons. The van der Waals surface area contributed by atoms with E-state index in [4.69, 9.17) is 4.74 Å². The molecule has 4 heteroatoms. The van der Waals surface area contributed by atoms with Gasteiger partial charge in [0.2, 0.25) is 0 Å². The maximum Gasteiger partial charge on any atom is 0.0622 e. The summed E-state index contributed by atoms with van der Waals surface area (Å²) in [5.41, 5.74) is 0. The van der Waals surface area contributed by atoms with Crippen LogP contribution < -0.4 is 5.32 Å². The highest BCUT2D eigenvalue weighted by atomic mass is 32.2. The van der Waals surface area contributed by atoms with Crippen LogP contribution in [0.25, 0.3) is 0 Å². The summed E-state index contributed by atoms with van der Waals surface area (Å²) in [6, 6.07) is 1.40. The minimum Gasteiger partial charge on any atom is -0.380 e. The van der Waals surface area contributed by atoms with E-state index in [-0.39, 0.29) is 0 Å². The normalized spacial score (nSPS) is 32.4. The van der Waals surface area contributed by atoms with Gasteiger partial charge >= 0.3 is 0 Å². The topological polar surface area (TPSA) is 24.5 Å². The molecule has 2 saturated heterocycles. The number of hydrogen-bond donors (Lipinski definition) is 1. The van der Waals surface area contributed by atoms with Crippen molar-refractivity contribution < 1.29 is 4.74 Å². The van der Waals surface area contributed by atoms with Crippen LogP contribution in [0.1, 0.15) is 12.8 Å². The summed E-state index contributed by atoms with van der Waals surface area (Å²) in [7, 11) is 2.23. The summed E-state index contributed by atoms with van der Waals surface area (Å²) < 4.78 is 5.41. The molecule has 2 unspecified atom stereocenters. The zero-order valence-corrected chi connectivity index (χ0v) is 10.4. The van der Waals surface area contributed by atoms with Crippen LogP contribution in [0.3, 0.4) is 0 Å². The summed E-state index contributed by atoms with van der Waals surface area (Å²) in [5, 5.41) is 3.59. The summed E-state index contributed by atoms with van der Waals surface area (Å²) in [6.07, 6.45) is 2.49. The van der Waals surface area contributed by atoms with E-state index >= 15 is 0 Å². The van der Waals surface area contributed by atoms with E-state index in [0.29, 0.717) is 6.04 Å². The van der Waals surface area contributed by atoms with Gasteiger partial charge in [-0.3, -0.25) is 0 Å². The van der Waals surface area contributed by atoms with Crippen molar-refractivity contribution in [3.05, 3.63) is 0 Å². The minimum atomic E-state index is 0.668. The van der Waals surface area contributed by atoms with E-state index in [9.17, 15) is 0 Å². The molecule has 0 saturated carbocycles. The van der Waals surface area contributed by atoms with Crippen molar-refractivity contribution in [1.82, 2.24) is 10.2 Å². The molecule has 88 valence electrons. The number of ether oxygens (including phenoxy) is 1. The summed E-state index contributed by atoms with van der Waals surface area (Å²) in [6.45, 7) is 4.27. The molecule has 2 atom stereocenters. The molecule has 2 heterocycles. The van der Waals surface area contributed by atoms with Crippen LogP contribution in [0.15, 0.2) is 0 Å². The first-order chi connectivity index (χ1) is 7.36. The Kier molecular flexibility index (Phi) is 4.75. The van der Waals surface area contributed by atoms with Gasteiger partial charge in [-0.1, -0.05) is 0 Å². The number of thioether (sulfide) groups is 1. The number of nitrogens with zero attached hydrogens (tertiary/aromatic N) is 1. The molecule has 2 aliphatic rings. The largest absolute Gasteiger partial charge is 0.380 e. The lowest BCUT2D eigenvalue weighted by atomic mass is 10.2. The highest BCUT2D eigenvalue weighted by molar-refractivity contribution is 7.99. The number of hydrogen-bond acceptors (Lipinski definition) is 4. The van der Waals surface area contributed by atoms with Crippen molar-refractivity contribution in [3.8, 4) is 0 Å². The lowest BCUT2D eigenvalue weighted by molar-refractivity contribution is 0.157. The van der Waals surface area contributed by atoms with Gasteiger partial charge in [0.25, 0.3) is 0 Å². The maximum atomic E-state index is 5.41. The third kappa shape index (κ3) is 3.63. The molecule has 1 N–H and O–H groups in total. The van der Waals surface area contributed by atoms with E-state index in [2.05, 4.69) is 29.0 Å². The molecule has 2 fully saturated rings. The number of nitrogens with one attached hydrogen (secondary N) is 1. The van der Waals surface area contributed by atoms with Gasteiger partial charge in [0.05, 0.1) is 6.61 Å². The molecule has 0 aromatic carbocycles. The van der Waals surface area contributed by atoms with Crippen molar-refractivity contribution >= 4 is 11.8 Å². The Morgan fingerprint density at radius 2 is 2.47 bits per heavy atom. The van der Waals surface area contributed by atoms with Gasteiger partial charge in [0.15, 0.2) is 0 Å². The first-order valence-electron chi connectivity index (χ1n) is 5.95. The second-order valence-corrected chi connectivity index (χ2v) is 5.66. The second-order valence-electron chi connectivity index (χ2n) is 4.51. The monoisotopic (exact) mass is 230 g/mol. The number of rotatable bonds is 4. The van der Waals surface area contributed by atoms with Gasteiger partial charge in [-0.05, 0) is 26.4 Å². The summed E-state index contributed by atoms with van der Waals surface area (Å²) in [4.78, 5) is 2.47.